The van der Waals surface area contributed by atoms with Gasteiger partial charge < -0.3 is 20.3 Å². The molecule has 30 heavy (non-hydrogen) atoms. The number of unbranched alkanes of at least 4 members (excludes halogenated alkanes) is 1. The fourth-order valence-electron chi connectivity index (χ4n) is 3.80. The van der Waals surface area contributed by atoms with Gasteiger partial charge in [0, 0.05) is 12.0 Å². The topological polar surface area (TPSA) is 108 Å². The first-order chi connectivity index (χ1) is 14.5. The number of likely N-dealkylation sites (tertiary alicyclic amines) is 1. The van der Waals surface area contributed by atoms with E-state index in [2.05, 4.69) is 27.6 Å². The average Bonchev–Trinajstić information content (AvgIpc) is 3.15. The number of amides is 2. The molecule has 2 amide bonds. The molecule has 0 saturated carbocycles. The summed E-state index contributed by atoms with van der Waals surface area (Å²) in [4.78, 5) is 27.6. The lowest BCUT2D eigenvalue weighted by atomic mass is 9.93. The summed E-state index contributed by atoms with van der Waals surface area (Å²) < 4.78 is 5.03. The van der Waals surface area contributed by atoms with E-state index in [1.165, 1.54) is 0 Å². The molecular weight excluding hydrogens is 384 g/mol. The monoisotopic (exact) mass is 414 g/mol. The number of carbonyl (C=O) groups excluding carboxylic acids is 2. The number of aromatic hydroxyl groups is 1. The minimum absolute atomic E-state index is 0.0580. The summed E-state index contributed by atoms with van der Waals surface area (Å²) in [5, 5.41) is 19.4. The maximum absolute atomic E-state index is 12.9. The number of aromatic nitrogens is 1. The Balaban J connectivity index is 1.57. The molecule has 0 unspecified atom stereocenters. The van der Waals surface area contributed by atoms with Crippen LogP contribution < -0.4 is 10.6 Å². The first-order valence-corrected chi connectivity index (χ1v) is 10.5. The van der Waals surface area contributed by atoms with Crippen LogP contribution in [0.15, 0.2) is 34.9 Å². The van der Waals surface area contributed by atoms with E-state index in [0.717, 1.165) is 19.3 Å². The number of hydrogen-bond donors (Lipinski definition) is 3. The van der Waals surface area contributed by atoms with Crippen molar-refractivity contribution < 1.29 is 19.2 Å². The van der Waals surface area contributed by atoms with Crippen LogP contribution in [0.3, 0.4) is 0 Å². The molecule has 162 valence electrons. The highest BCUT2D eigenvalue weighted by Gasteiger charge is 2.32. The Bertz CT molecular complexity index is 858. The number of benzene rings is 1. The Morgan fingerprint density at radius 3 is 2.63 bits per heavy atom. The van der Waals surface area contributed by atoms with E-state index in [0.29, 0.717) is 43.2 Å². The summed E-state index contributed by atoms with van der Waals surface area (Å²) in [6.45, 7) is 5.21. The highest BCUT2D eigenvalue weighted by Crippen LogP contribution is 2.26. The van der Waals surface area contributed by atoms with E-state index in [1.54, 1.807) is 37.3 Å². The van der Waals surface area contributed by atoms with Gasteiger partial charge in [0.2, 0.25) is 11.8 Å². The first-order valence-electron chi connectivity index (χ1n) is 10.5. The highest BCUT2D eigenvalue weighted by atomic mass is 16.5. The Labute approximate surface area is 176 Å². The number of piperidine rings is 1. The molecule has 0 radical (unpaired) electrons. The summed E-state index contributed by atoms with van der Waals surface area (Å²) in [5.41, 5.74) is 0.424. The lowest BCUT2D eigenvalue weighted by Crippen LogP contribution is -2.49. The van der Waals surface area contributed by atoms with E-state index in [-0.39, 0.29) is 29.5 Å². The van der Waals surface area contributed by atoms with Crippen molar-refractivity contribution in [2.45, 2.75) is 52.0 Å². The maximum atomic E-state index is 12.9. The van der Waals surface area contributed by atoms with Crippen molar-refractivity contribution in [2.75, 3.05) is 23.7 Å². The van der Waals surface area contributed by atoms with Gasteiger partial charge in [0.05, 0.1) is 11.7 Å². The zero-order chi connectivity index (χ0) is 21.5. The number of phenolic OH excluding ortho intramolecular Hbond substituents is 1. The Morgan fingerprint density at radius 2 is 2.00 bits per heavy atom. The third kappa shape index (κ3) is 5.60. The van der Waals surface area contributed by atoms with Gasteiger partial charge in [-0.05, 0) is 51.4 Å². The zero-order valence-electron chi connectivity index (χ0n) is 17.6. The molecule has 1 aromatic carbocycles. The second-order valence-corrected chi connectivity index (χ2v) is 7.79. The van der Waals surface area contributed by atoms with E-state index < -0.39 is 0 Å². The quantitative estimate of drug-likeness (QED) is 0.570. The number of rotatable bonds is 8. The van der Waals surface area contributed by atoms with Gasteiger partial charge in [-0.25, -0.2) is 0 Å². The second kappa shape index (κ2) is 10.2. The van der Waals surface area contributed by atoms with Crippen LogP contribution in [0, 0.1) is 12.8 Å². The molecule has 8 nitrogen and oxygen atoms in total. The number of hydrogen-bond acceptors (Lipinski definition) is 6. The number of phenols is 1. The van der Waals surface area contributed by atoms with Crippen LogP contribution in [0.1, 0.15) is 44.8 Å². The van der Waals surface area contributed by atoms with Gasteiger partial charge in [-0.15, -0.1) is 0 Å². The number of para-hydroxylation sites is 2. The van der Waals surface area contributed by atoms with Crippen molar-refractivity contribution in [1.82, 2.24) is 10.1 Å². The molecule has 1 aromatic heterocycles. The van der Waals surface area contributed by atoms with Crippen LogP contribution in [0.5, 0.6) is 5.75 Å². The fourth-order valence-corrected chi connectivity index (χ4v) is 3.80. The first kappa shape index (κ1) is 21.8. The van der Waals surface area contributed by atoms with Crippen LogP contribution in [-0.4, -0.2) is 46.1 Å². The van der Waals surface area contributed by atoms with Gasteiger partial charge in [-0.1, -0.05) is 37.1 Å². The number of anilines is 2. The minimum atomic E-state index is -0.260. The van der Waals surface area contributed by atoms with Crippen molar-refractivity contribution in [3.63, 3.8) is 0 Å². The highest BCUT2D eigenvalue weighted by molar-refractivity contribution is 5.95. The zero-order valence-corrected chi connectivity index (χ0v) is 17.6. The molecule has 1 aliphatic rings. The summed E-state index contributed by atoms with van der Waals surface area (Å²) in [5.74, 6) is 0.803. The lowest BCUT2D eigenvalue weighted by molar-refractivity contribution is -0.124. The largest absolute Gasteiger partial charge is 0.506 e. The van der Waals surface area contributed by atoms with E-state index in [4.69, 9.17) is 4.52 Å². The molecule has 3 N–H and O–H groups in total. The standard InChI is InChI=1S/C22H30N4O4/c1-3-4-8-18(22(29)24-20-14-15(2)30-25-20)26-12-10-16(11-13-26)21(28)23-17-7-5-6-9-19(17)27/h5-7,9,14,16,18,27H,3-4,8,10-13H2,1-2H3,(H,23,28)(H,24,25,29)/t18-/m0/s1. The molecule has 2 heterocycles. The minimum Gasteiger partial charge on any atom is -0.506 e. The fraction of sp³-hybridized carbons (Fsp3) is 0.500. The summed E-state index contributed by atoms with van der Waals surface area (Å²) in [6, 6.07) is 8.15. The average molecular weight is 415 g/mol. The third-order valence-electron chi connectivity index (χ3n) is 5.52. The summed E-state index contributed by atoms with van der Waals surface area (Å²) in [7, 11) is 0. The van der Waals surface area contributed by atoms with E-state index in [9.17, 15) is 14.7 Å². The van der Waals surface area contributed by atoms with Crippen LogP contribution in [0.2, 0.25) is 0 Å². The van der Waals surface area contributed by atoms with Gasteiger partial charge in [0.1, 0.15) is 11.5 Å². The smallest absolute Gasteiger partial charge is 0.242 e. The van der Waals surface area contributed by atoms with Gasteiger partial charge >= 0.3 is 0 Å². The predicted molar refractivity (Wildman–Crippen MR) is 114 cm³/mol. The van der Waals surface area contributed by atoms with Crippen molar-refractivity contribution in [3.05, 3.63) is 36.1 Å². The molecule has 8 heteroatoms. The molecule has 1 fully saturated rings. The van der Waals surface area contributed by atoms with Gasteiger partial charge in [0.15, 0.2) is 5.82 Å². The second-order valence-electron chi connectivity index (χ2n) is 7.79. The molecule has 2 aromatic rings. The molecule has 0 bridgehead atoms. The van der Waals surface area contributed by atoms with E-state index in [1.807, 2.05) is 0 Å². The molecule has 3 rings (SSSR count). The van der Waals surface area contributed by atoms with Crippen LogP contribution in [0.4, 0.5) is 11.5 Å². The molecule has 1 saturated heterocycles. The van der Waals surface area contributed by atoms with Crippen LogP contribution >= 0.6 is 0 Å². The Kier molecular flexibility index (Phi) is 7.46. The van der Waals surface area contributed by atoms with Crippen LogP contribution in [0.25, 0.3) is 0 Å². The summed E-state index contributed by atoms with van der Waals surface area (Å²) >= 11 is 0. The Hall–Kier alpha value is -2.87. The predicted octanol–water partition coefficient (Wildman–Crippen LogP) is 3.54. The van der Waals surface area contributed by atoms with Crippen LogP contribution in [-0.2, 0) is 9.59 Å². The SMILES string of the molecule is CCCC[C@@H](C(=O)Nc1cc(C)on1)N1CCC(C(=O)Nc2ccccc2O)CC1. The number of nitrogens with zero attached hydrogens (tertiary/aromatic N) is 2. The van der Waals surface area contributed by atoms with Gasteiger partial charge in [-0.2, -0.15) is 0 Å². The number of carbonyl (C=O) groups is 2. The van der Waals surface area contributed by atoms with Crippen molar-refractivity contribution in [3.8, 4) is 5.75 Å². The van der Waals surface area contributed by atoms with Crippen molar-refractivity contribution >= 4 is 23.3 Å². The van der Waals surface area contributed by atoms with Gasteiger partial charge in [0.25, 0.3) is 0 Å². The molecule has 1 atom stereocenters. The molecule has 0 spiro atoms. The molecule has 0 aliphatic carbocycles. The number of nitrogens with one attached hydrogen (secondary N) is 2. The number of aryl methyl sites for hydroxylation is 1. The Morgan fingerprint density at radius 1 is 1.27 bits per heavy atom. The van der Waals surface area contributed by atoms with Gasteiger partial charge in [-0.3, -0.25) is 14.5 Å². The normalized spacial score (nSPS) is 16.2. The lowest BCUT2D eigenvalue weighted by Gasteiger charge is -2.36. The molecule has 1 aliphatic heterocycles. The third-order valence-corrected chi connectivity index (χ3v) is 5.52. The summed E-state index contributed by atoms with van der Waals surface area (Å²) in [6.07, 6.45) is 4.04. The van der Waals surface area contributed by atoms with Crippen molar-refractivity contribution in [2.24, 2.45) is 5.92 Å². The van der Waals surface area contributed by atoms with E-state index >= 15 is 0 Å². The molecular formula is C22H30N4O4. The maximum Gasteiger partial charge on any atom is 0.242 e. The van der Waals surface area contributed by atoms with Crippen molar-refractivity contribution in [1.29, 1.82) is 0 Å².